The van der Waals surface area contributed by atoms with Crippen LogP contribution in [0.4, 0.5) is 0 Å². The maximum absolute atomic E-state index is 12.7. The summed E-state index contributed by atoms with van der Waals surface area (Å²) in [6.07, 6.45) is 4.77. The van der Waals surface area contributed by atoms with Gasteiger partial charge in [0.05, 0.1) is 19.1 Å². The number of carbonyl (C=O) groups excluding carboxylic acids is 2. The van der Waals surface area contributed by atoms with Crippen LogP contribution in [0.15, 0.2) is 59.2 Å². The SMILES string of the molecule is C=CCN1C(=O)C(=Cc2ccc(OC)c(CSCc3ccco3)c2)C(=O)NC1=S. The van der Waals surface area contributed by atoms with E-state index in [0.29, 0.717) is 5.75 Å². The van der Waals surface area contributed by atoms with Crippen molar-refractivity contribution in [3.05, 3.63) is 71.7 Å². The first-order chi connectivity index (χ1) is 14.0. The van der Waals surface area contributed by atoms with Crippen LogP contribution in [0.2, 0.25) is 0 Å². The monoisotopic (exact) mass is 428 g/mol. The molecule has 0 bridgehead atoms. The smallest absolute Gasteiger partial charge is 0.265 e. The van der Waals surface area contributed by atoms with E-state index in [9.17, 15) is 9.59 Å². The predicted molar refractivity (Wildman–Crippen MR) is 117 cm³/mol. The Labute approximate surface area is 178 Å². The van der Waals surface area contributed by atoms with Gasteiger partial charge in [0.25, 0.3) is 11.8 Å². The van der Waals surface area contributed by atoms with E-state index in [1.54, 1.807) is 43.4 Å². The van der Waals surface area contributed by atoms with Crippen molar-refractivity contribution in [1.29, 1.82) is 0 Å². The first-order valence-corrected chi connectivity index (χ1v) is 10.4. The molecule has 6 nitrogen and oxygen atoms in total. The number of hydrogen-bond acceptors (Lipinski definition) is 6. The van der Waals surface area contributed by atoms with Crippen LogP contribution in [0, 0.1) is 0 Å². The molecule has 0 radical (unpaired) electrons. The van der Waals surface area contributed by atoms with Crippen molar-refractivity contribution in [2.75, 3.05) is 13.7 Å². The second kappa shape index (κ2) is 9.58. The fraction of sp³-hybridized carbons (Fsp3) is 0.190. The Hall–Kier alpha value is -2.84. The maximum atomic E-state index is 12.7. The molecular formula is C21H20N2O4S2. The number of carbonyl (C=O) groups is 2. The number of benzene rings is 1. The summed E-state index contributed by atoms with van der Waals surface area (Å²) in [7, 11) is 1.61. The van der Waals surface area contributed by atoms with Crippen LogP contribution in [0.3, 0.4) is 0 Å². The van der Waals surface area contributed by atoms with Gasteiger partial charge in [-0.05, 0) is 48.1 Å². The van der Waals surface area contributed by atoms with Gasteiger partial charge in [0.15, 0.2) is 5.11 Å². The maximum Gasteiger partial charge on any atom is 0.265 e. The van der Waals surface area contributed by atoms with Crippen LogP contribution in [0.5, 0.6) is 5.75 Å². The molecule has 0 atom stereocenters. The van der Waals surface area contributed by atoms with Crippen molar-refractivity contribution in [2.24, 2.45) is 0 Å². The summed E-state index contributed by atoms with van der Waals surface area (Å²) in [6, 6.07) is 9.32. The Balaban J connectivity index is 1.82. The highest BCUT2D eigenvalue weighted by molar-refractivity contribution is 7.97. The van der Waals surface area contributed by atoms with Gasteiger partial charge in [-0.2, -0.15) is 0 Å². The molecule has 8 heteroatoms. The number of thiocarbonyl (C=S) groups is 1. The number of amides is 2. The van der Waals surface area contributed by atoms with E-state index in [4.69, 9.17) is 21.4 Å². The molecule has 150 valence electrons. The highest BCUT2D eigenvalue weighted by atomic mass is 32.2. The number of thioether (sulfide) groups is 1. The molecule has 3 rings (SSSR count). The summed E-state index contributed by atoms with van der Waals surface area (Å²) in [6.45, 7) is 3.85. The van der Waals surface area contributed by atoms with Gasteiger partial charge in [-0.25, -0.2) is 0 Å². The van der Waals surface area contributed by atoms with Crippen molar-refractivity contribution >= 4 is 47.0 Å². The molecule has 1 aromatic carbocycles. The van der Waals surface area contributed by atoms with Crippen molar-refractivity contribution < 1.29 is 18.7 Å². The number of rotatable bonds is 8. The second-order valence-corrected chi connectivity index (χ2v) is 7.54. The van der Waals surface area contributed by atoms with Gasteiger partial charge in [0.1, 0.15) is 17.1 Å². The average Bonchev–Trinajstić information content (AvgIpc) is 3.22. The van der Waals surface area contributed by atoms with Gasteiger partial charge in [0, 0.05) is 17.9 Å². The third-order valence-electron chi connectivity index (χ3n) is 4.19. The Kier molecular flexibility index (Phi) is 6.90. The van der Waals surface area contributed by atoms with Crippen LogP contribution in [-0.2, 0) is 21.1 Å². The molecule has 29 heavy (non-hydrogen) atoms. The molecule has 1 N–H and O–H groups in total. The average molecular weight is 429 g/mol. The van der Waals surface area contributed by atoms with E-state index < -0.39 is 11.8 Å². The lowest BCUT2D eigenvalue weighted by Gasteiger charge is -2.27. The van der Waals surface area contributed by atoms with E-state index in [0.717, 1.165) is 28.4 Å². The molecule has 2 aromatic rings. The van der Waals surface area contributed by atoms with Crippen molar-refractivity contribution in [3.8, 4) is 5.75 Å². The quantitative estimate of drug-likeness (QED) is 0.300. The second-order valence-electron chi connectivity index (χ2n) is 6.17. The number of nitrogens with one attached hydrogen (secondary N) is 1. The minimum atomic E-state index is -0.509. The fourth-order valence-electron chi connectivity index (χ4n) is 2.81. The molecule has 1 aromatic heterocycles. The van der Waals surface area contributed by atoms with Crippen LogP contribution < -0.4 is 10.1 Å². The number of hydrogen-bond donors (Lipinski definition) is 1. The lowest BCUT2D eigenvalue weighted by Crippen LogP contribution is -2.53. The van der Waals surface area contributed by atoms with Gasteiger partial charge in [-0.1, -0.05) is 12.1 Å². The fourth-order valence-corrected chi connectivity index (χ4v) is 3.98. The Morgan fingerprint density at radius 3 is 2.83 bits per heavy atom. The molecule has 0 spiro atoms. The molecule has 2 amide bonds. The van der Waals surface area contributed by atoms with Gasteiger partial charge in [-0.15, -0.1) is 18.3 Å². The first-order valence-electron chi connectivity index (χ1n) is 8.80. The standard InChI is InChI=1S/C21H20N2O4S2/c1-3-8-23-20(25)17(19(24)22-21(23)28)11-14-6-7-18(26-2)15(10-14)12-29-13-16-5-4-9-27-16/h3-7,9-11H,1,8,12-13H2,2H3,(H,22,24,28). The van der Waals surface area contributed by atoms with Crippen molar-refractivity contribution in [2.45, 2.75) is 11.5 Å². The normalized spacial score (nSPS) is 15.6. The Morgan fingerprint density at radius 1 is 1.31 bits per heavy atom. The molecule has 1 saturated heterocycles. The highest BCUT2D eigenvalue weighted by Crippen LogP contribution is 2.27. The van der Waals surface area contributed by atoms with E-state index in [2.05, 4.69) is 11.9 Å². The number of methoxy groups -OCH3 is 1. The number of nitrogens with zero attached hydrogens (tertiary/aromatic N) is 1. The molecule has 2 heterocycles. The van der Waals surface area contributed by atoms with Crippen LogP contribution in [0.1, 0.15) is 16.9 Å². The van der Waals surface area contributed by atoms with E-state index >= 15 is 0 Å². The molecule has 0 unspecified atom stereocenters. The van der Waals surface area contributed by atoms with Gasteiger partial charge < -0.3 is 9.15 Å². The zero-order valence-electron chi connectivity index (χ0n) is 15.8. The Bertz CT molecular complexity index is 967. The summed E-state index contributed by atoms with van der Waals surface area (Å²) >= 11 is 6.75. The summed E-state index contributed by atoms with van der Waals surface area (Å²) in [4.78, 5) is 26.3. The third kappa shape index (κ3) is 4.96. The minimum absolute atomic E-state index is 0.0276. The van der Waals surface area contributed by atoms with E-state index in [1.807, 2.05) is 24.3 Å². The molecule has 1 fully saturated rings. The summed E-state index contributed by atoms with van der Waals surface area (Å²) < 4.78 is 10.8. The minimum Gasteiger partial charge on any atom is -0.496 e. The number of furan rings is 1. The molecule has 1 aliphatic heterocycles. The third-order valence-corrected chi connectivity index (χ3v) is 5.52. The topological polar surface area (TPSA) is 71.8 Å². The molecular weight excluding hydrogens is 408 g/mol. The van der Waals surface area contributed by atoms with E-state index in [1.165, 1.54) is 4.90 Å². The zero-order valence-corrected chi connectivity index (χ0v) is 17.5. The zero-order chi connectivity index (χ0) is 20.8. The summed E-state index contributed by atoms with van der Waals surface area (Å²) in [5, 5.41) is 2.63. The van der Waals surface area contributed by atoms with Crippen LogP contribution >= 0.6 is 24.0 Å². The lowest BCUT2D eigenvalue weighted by atomic mass is 10.0. The van der Waals surface area contributed by atoms with E-state index in [-0.39, 0.29) is 17.2 Å². The van der Waals surface area contributed by atoms with Crippen molar-refractivity contribution in [1.82, 2.24) is 10.2 Å². The van der Waals surface area contributed by atoms with Gasteiger partial charge >= 0.3 is 0 Å². The highest BCUT2D eigenvalue weighted by Gasteiger charge is 2.32. The lowest BCUT2D eigenvalue weighted by molar-refractivity contribution is -0.128. The largest absolute Gasteiger partial charge is 0.496 e. The molecule has 1 aliphatic rings. The summed E-state index contributed by atoms with van der Waals surface area (Å²) in [5.41, 5.74) is 1.71. The van der Waals surface area contributed by atoms with Crippen molar-refractivity contribution in [3.63, 3.8) is 0 Å². The number of ether oxygens (including phenoxy) is 1. The molecule has 0 saturated carbocycles. The van der Waals surface area contributed by atoms with Crippen LogP contribution in [-0.4, -0.2) is 35.5 Å². The van der Waals surface area contributed by atoms with Crippen LogP contribution in [0.25, 0.3) is 6.08 Å². The predicted octanol–water partition coefficient (Wildman–Crippen LogP) is 3.53. The Morgan fingerprint density at radius 2 is 2.14 bits per heavy atom. The van der Waals surface area contributed by atoms with Gasteiger partial charge in [-0.3, -0.25) is 19.8 Å². The van der Waals surface area contributed by atoms with Gasteiger partial charge in [0.2, 0.25) is 0 Å². The molecule has 0 aliphatic carbocycles. The first kappa shape index (κ1) is 20.9. The summed E-state index contributed by atoms with van der Waals surface area (Å²) in [5.74, 6) is 2.11.